The summed E-state index contributed by atoms with van der Waals surface area (Å²) in [6.07, 6.45) is 0. The van der Waals surface area contributed by atoms with Crippen molar-refractivity contribution >= 4 is 34.4 Å². The summed E-state index contributed by atoms with van der Waals surface area (Å²) in [5, 5.41) is 16.6. The zero-order chi connectivity index (χ0) is 23.0. The van der Waals surface area contributed by atoms with Crippen molar-refractivity contribution in [1.29, 1.82) is 0 Å². The van der Waals surface area contributed by atoms with Gasteiger partial charge in [-0.1, -0.05) is 32.9 Å². The Morgan fingerprint density at radius 1 is 1.16 bits per heavy atom. The van der Waals surface area contributed by atoms with Gasteiger partial charge in [0.25, 0.3) is 17.1 Å². The molecule has 4 rings (SSSR count). The average Bonchev–Trinajstić information content (AvgIpc) is 3.32. The van der Waals surface area contributed by atoms with Gasteiger partial charge in [-0.2, -0.15) is 0 Å². The van der Waals surface area contributed by atoms with Gasteiger partial charge < -0.3 is 30.9 Å². The number of carbonyl (C=O) groups is 1. The molecule has 0 aliphatic carbocycles. The van der Waals surface area contributed by atoms with E-state index in [1.807, 2.05) is 39.0 Å². The molecule has 168 valence electrons. The Morgan fingerprint density at radius 3 is 2.59 bits per heavy atom. The maximum atomic E-state index is 12.1. The third kappa shape index (κ3) is 4.24. The number of hydrogen-bond donors (Lipinski definition) is 4. The molecule has 0 bridgehead atoms. The topological polar surface area (TPSA) is 148 Å². The molecule has 0 saturated heterocycles. The van der Waals surface area contributed by atoms with Crippen LogP contribution in [0.15, 0.2) is 45.2 Å². The van der Waals surface area contributed by atoms with Gasteiger partial charge in [-0.05, 0) is 35.2 Å². The molecule has 5 N–H and O–H groups in total. The number of carbonyl (C=O) groups excluding carboxylic acids is 1. The fraction of sp³-hybridized carbons (Fsp3) is 0.286. The molecule has 2 aliphatic heterocycles. The number of nitrogens with two attached hydrogens (primary N) is 1. The molecule has 1 amide bonds. The van der Waals surface area contributed by atoms with E-state index >= 15 is 0 Å². The lowest BCUT2D eigenvalue weighted by atomic mass is 9.82. The molecule has 2 aromatic rings. The largest absolute Gasteiger partial charge is 0.505 e. The SMILES string of the molecule is CC(C)(C)[C@@H](NC1=NS(=O)N=C1Nc1cccc(C(N)=O)c1O)c1ccc2c(c1)OCO2. The van der Waals surface area contributed by atoms with Crippen molar-refractivity contribution < 1.29 is 23.6 Å². The highest BCUT2D eigenvalue weighted by atomic mass is 32.2. The number of para-hydroxylation sites is 1. The first kappa shape index (κ1) is 21.6. The number of aromatic hydroxyl groups is 1. The zero-order valence-electron chi connectivity index (χ0n) is 17.7. The van der Waals surface area contributed by atoms with Gasteiger partial charge in [-0.15, -0.1) is 8.80 Å². The third-order valence-electron chi connectivity index (χ3n) is 4.99. The second kappa shape index (κ2) is 8.15. The Morgan fingerprint density at radius 2 is 1.88 bits per heavy atom. The molecule has 2 aliphatic rings. The van der Waals surface area contributed by atoms with Crippen LogP contribution in [0.25, 0.3) is 0 Å². The molecular formula is C21H23N5O5S. The van der Waals surface area contributed by atoms with Crippen LogP contribution in [0.1, 0.15) is 42.7 Å². The van der Waals surface area contributed by atoms with Crippen molar-refractivity contribution in [2.75, 3.05) is 12.1 Å². The Labute approximate surface area is 187 Å². The molecule has 11 heteroatoms. The van der Waals surface area contributed by atoms with Crippen LogP contribution < -0.4 is 25.8 Å². The molecule has 0 spiro atoms. The van der Waals surface area contributed by atoms with Gasteiger partial charge in [0.1, 0.15) is 0 Å². The second-order valence-corrected chi connectivity index (χ2v) is 9.18. The molecule has 2 heterocycles. The minimum absolute atomic E-state index is 0.0471. The summed E-state index contributed by atoms with van der Waals surface area (Å²) >= 11 is -1.84. The number of amides is 1. The van der Waals surface area contributed by atoms with E-state index in [4.69, 9.17) is 15.2 Å². The number of amidine groups is 2. The van der Waals surface area contributed by atoms with E-state index in [0.717, 1.165) is 5.56 Å². The Bertz CT molecular complexity index is 1170. The molecular weight excluding hydrogens is 434 g/mol. The van der Waals surface area contributed by atoms with Gasteiger partial charge in [0.15, 0.2) is 28.9 Å². The first-order valence-electron chi connectivity index (χ1n) is 9.78. The molecule has 32 heavy (non-hydrogen) atoms. The summed E-state index contributed by atoms with van der Waals surface area (Å²) in [5.74, 6) is 0.638. The number of fused-ring (bicyclic) bond motifs is 1. The molecule has 0 aromatic heterocycles. The number of phenols is 1. The number of anilines is 1. The Balaban J connectivity index is 1.62. The molecule has 2 atom stereocenters. The van der Waals surface area contributed by atoms with E-state index in [0.29, 0.717) is 11.5 Å². The van der Waals surface area contributed by atoms with Gasteiger partial charge in [0.05, 0.1) is 17.3 Å². The lowest BCUT2D eigenvalue weighted by molar-refractivity contribution is 0.0998. The quantitative estimate of drug-likeness (QED) is 0.515. The van der Waals surface area contributed by atoms with Gasteiger partial charge in [0, 0.05) is 0 Å². The van der Waals surface area contributed by atoms with Gasteiger partial charge in [0.2, 0.25) is 6.79 Å². The smallest absolute Gasteiger partial charge is 0.269 e. The summed E-state index contributed by atoms with van der Waals surface area (Å²) in [5.41, 5.74) is 6.07. The lowest BCUT2D eigenvalue weighted by Gasteiger charge is -2.32. The van der Waals surface area contributed by atoms with Crippen LogP contribution in [0.3, 0.4) is 0 Å². The fourth-order valence-corrected chi connectivity index (χ4v) is 4.06. The van der Waals surface area contributed by atoms with Crippen LogP contribution in [0.4, 0.5) is 5.69 Å². The minimum Gasteiger partial charge on any atom is -0.505 e. The minimum atomic E-state index is -1.84. The highest BCUT2D eigenvalue weighted by molar-refractivity contribution is 7.83. The average molecular weight is 458 g/mol. The Hall–Kier alpha value is -3.60. The number of hydrogen-bond acceptors (Lipinski definition) is 7. The summed E-state index contributed by atoms with van der Waals surface area (Å²) < 4.78 is 31.1. The summed E-state index contributed by atoms with van der Waals surface area (Å²) in [7, 11) is 0. The van der Waals surface area contributed by atoms with Crippen molar-refractivity contribution in [3.05, 3.63) is 47.5 Å². The third-order valence-corrected chi connectivity index (χ3v) is 5.67. The summed E-state index contributed by atoms with van der Waals surface area (Å²) in [6.45, 7) is 6.32. The molecule has 1 unspecified atom stereocenters. The molecule has 2 aromatic carbocycles. The molecule has 0 saturated carbocycles. The number of rotatable bonds is 4. The summed E-state index contributed by atoms with van der Waals surface area (Å²) in [4.78, 5) is 11.5. The van der Waals surface area contributed by atoms with Crippen molar-refractivity contribution in [3.63, 3.8) is 0 Å². The van der Waals surface area contributed by atoms with Gasteiger partial charge in [-0.3, -0.25) is 4.79 Å². The monoisotopic (exact) mass is 457 g/mol. The standard InChI is InChI=1S/C21H23N5O5S/c1-21(2,3)17(11-7-8-14-15(9-11)31-10-30-14)24-20-19(25-32(29)26-20)23-13-6-4-5-12(16(13)27)18(22)28/h4-9,17,27H,10H2,1-3H3,(H2,22,28)(H,23,25)(H,24,26)/t17-,32?/m0/s1. The van der Waals surface area contributed by atoms with Crippen molar-refractivity contribution in [3.8, 4) is 17.2 Å². The molecule has 0 radical (unpaired) electrons. The van der Waals surface area contributed by atoms with Crippen LogP contribution >= 0.6 is 0 Å². The maximum absolute atomic E-state index is 12.1. The number of nitrogens with one attached hydrogen (secondary N) is 2. The predicted molar refractivity (Wildman–Crippen MR) is 121 cm³/mol. The van der Waals surface area contributed by atoms with E-state index < -0.39 is 17.1 Å². The van der Waals surface area contributed by atoms with Crippen molar-refractivity contribution in [1.82, 2.24) is 5.32 Å². The summed E-state index contributed by atoms with van der Waals surface area (Å²) in [6, 6.07) is 9.90. The van der Waals surface area contributed by atoms with E-state index in [1.165, 1.54) is 6.07 Å². The number of primary amides is 1. The number of benzene rings is 2. The Kier molecular flexibility index (Phi) is 5.51. The number of nitrogens with zero attached hydrogens (tertiary/aromatic N) is 2. The van der Waals surface area contributed by atoms with Crippen molar-refractivity contribution in [2.45, 2.75) is 26.8 Å². The van der Waals surface area contributed by atoms with Crippen LogP contribution in [-0.4, -0.2) is 33.7 Å². The van der Waals surface area contributed by atoms with Gasteiger partial charge >= 0.3 is 0 Å². The van der Waals surface area contributed by atoms with E-state index in [9.17, 15) is 14.1 Å². The van der Waals surface area contributed by atoms with Gasteiger partial charge in [-0.25, -0.2) is 4.21 Å². The normalized spacial score (nSPS) is 18.0. The lowest BCUT2D eigenvalue weighted by Crippen LogP contribution is -2.41. The fourth-order valence-electron chi connectivity index (χ4n) is 3.44. The number of ether oxygens (including phenoxy) is 2. The van der Waals surface area contributed by atoms with E-state index in [-0.39, 0.29) is 46.9 Å². The van der Waals surface area contributed by atoms with E-state index in [2.05, 4.69) is 19.4 Å². The van der Waals surface area contributed by atoms with Crippen LogP contribution in [0.2, 0.25) is 0 Å². The first-order valence-corrected chi connectivity index (χ1v) is 10.8. The first-order chi connectivity index (χ1) is 15.1. The second-order valence-electron chi connectivity index (χ2n) is 8.36. The van der Waals surface area contributed by atoms with Crippen LogP contribution in [0, 0.1) is 5.41 Å². The molecule has 0 fully saturated rings. The highest BCUT2D eigenvalue weighted by Gasteiger charge is 2.32. The molecule has 10 nitrogen and oxygen atoms in total. The van der Waals surface area contributed by atoms with E-state index in [1.54, 1.807) is 12.1 Å². The zero-order valence-corrected chi connectivity index (χ0v) is 18.5. The maximum Gasteiger partial charge on any atom is 0.269 e. The van der Waals surface area contributed by atoms with Crippen LogP contribution in [-0.2, 0) is 11.2 Å². The van der Waals surface area contributed by atoms with Crippen LogP contribution in [0.5, 0.6) is 17.2 Å². The highest BCUT2D eigenvalue weighted by Crippen LogP contribution is 2.39. The predicted octanol–water partition coefficient (Wildman–Crippen LogP) is 2.40. The van der Waals surface area contributed by atoms with Crippen molar-refractivity contribution in [2.24, 2.45) is 19.9 Å².